The second-order valence-electron chi connectivity index (χ2n) is 7.76. The molecule has 0 spiro atoms. The maximum atomic E-state index is 6.26. The largest absolute Gasteiger partial charge is 0.383 e. The lowest BCUT2D eigenvalue weighted by atomic mass is 10.0. The summed E-state index contributed by atoms with van der Waals surface area (Å²) in [6.07, 6.45) is 4.98. The van der Waals surface area contributed by atoms with Crippen LogP contribution in [0, 0.1) is 0 Å². The van der Waals surface area contributed by atoms with E-state index in [9.17, 15) is 0 Å². The number of hydrogen-bond acceptors (Lipinski definition) is 6. The number of anilines is 1. The molecule has 4 aromatic heterocycles. The third-order valence-corrected chi connectivity index (χ3v) is 5.69. The predicted molar refractivity (Wildman–Crippen MR) is 129 cm³/mol. The number of hydrogen-bond donors (Lipinski definition) is 1. The summed E-state index contributed by atoms with van der Waals surface area (Å²) in [5, 5.41) is 6.70. The van der Waals surface area contributed by atoms with Crippen molar-refractivity contribution in [2.45, 2.75) is 6.54 Å². The Hall–Kier alpha value is -4.65. The Morgan fingerprint density at radius 2 is 1.67 bits per heavy atom. The molecule has 0 radical (unpaired) electrons. The molecule has 0 aliphatic carbocycles. The molecule has 0 bridgehead atoms. The number of nitrogens with two attached hydrogens (primary N) is 1. The average Bonchev–Trinajstić information content (AvgIpc) is 3.25. The molecular formula is C26H19N7. The highest BCUT2D eigenvalue weighted by atomic mass is 15.3. The van der Waals surface area contributed by atoms with E-state index in [1.807, 2.05) is 53.2 Å². The Morgan fingerprint density at radius 3 is 2.52 bits per heavy atom. The molecule has 158 valence electrons. The van der Waals surface area contributed by atoms with Crippen LogP contribution in [0.1, 0.15) is 5.56 Å². The van der Waals surface area contributed by atoms with Gasteiger partial charge in [-0.3, -0.25) is 4.98 Å². The molecule has 0 amide bonds. The molecule has 2 aromatic carbocycles. The zero-order valence-corrected chi connectivity index (χ0v) is 17.6. The molecule has 2 N–H and O–H groups in total. The minimum atomic E-state index is 0.398. The predicted octanol–water partition coefficient (Wildman–Crippen LogP) is 4.73. The quantitative estimate of drug-likeness (QED) is 0.435. The van der Waals surface area contributed by atoms with E-state index < -0.39 is 0 Å². The number of rotatable bonds is 4. The summed E-state index contributed by atoms with van der Waals surface area (Å²) in [6, 6.07) is 24.3. The summed E-state index contributed by atoms with van der Waals surface area (Å²) in [5.41, 5.74) is 12.5. The molecule has 6 aromatic rings. The Kier molecular flexibility index (Phi) is 4.51. The first kappa shape index (κ1) is 19.1. The zero-order valence-electron chi connectivity index (χ0n) is 17.6. The van der Waals surface area contributed by atoms with Crippen molar-refractivity contribution in [3.63, 3.8) is 0 Å². The third kappa shape index (κ3) is 3.36. The first-order valence-electron chi connectivity index (χ1n) is 10.6. The van der Waals surface area contributed by atoms with Gasteiger partial charge < -0.3 is 5.73 Å². The van der Waals surface area contributed by atoms with Gasteiger partial charge in [-0.1, -0.05) is 48.5 Å². The van der Waals surface area contributed by atoms with Gasteiger partial charge in [0.2, 0.25) is 0 Å². The summed E-state index contributed by atoms with van der Waals surface area (Å²) < 4.78 is 1.88. The van der Waals surface area contributed by atoms with Gasteiger partial charge in [0.25, 0.3) is 0 Å². The maximum Gasteiger partial charge on any atom is 0.164 e. The number of pyridine rings is 2. The second-order valence-corrected chi connectivity index (χ2v) is 7.76. The van der Waals surface area contributed by atoms with Crippen molar-refractivity contribution in [1.29, 1.82) is 0 Å². The van der Waals surface area contributed by atoms with E-state index in [2.05, 4.69) is 39.2 Å². The van der Waals surface area contributed by atoms with Crippen LogP contribution < -0.4 is 5.73 Å². The van der Waals surface area contributed by atoms with Crippen molar-refractivity contribution in [1.82, 2.24) is 29.7 Å². The highest BCUT2D eigenvalue weighted by Gasteiger charge is 2.18. The summed E-state index contributed by atoms with van der Waals surface area (Å²) in [4.78, 5) is 17.8. The van der Waals surface area contributed by atoms with E-state index in [-0.39, 0.29) is 0 Å². The smallest absolute Gasteiger partial charge is 0.164 e. The van der Waals surface area contributed by atoms with E-state index in [4.69, 9.17) is 15.8 Å². The van der Waals surface area contributed by atoms with Crippen molar-refractivity contribution in [2.24, 2.45) is 0 Å². The van der Waals surface area contributed by atoms with Gasteiger partial charge >= 0.3 is 0 Å². The standard InChI is InChI=1S/C26H19N7/c27-25-23-24(18-9-6-12-28-14-18)32-33(26(23)30-16-29-25)15-19-13-22(17-7-2-1-3-8-17)31-21-11-5-4-10-20(19)21/h1-14,16H,15H2,(H2,27,29,30). The van der Waals surface area contributed by atoms with Crippen molar-refractivity contribution < 1.29 is 0 Å². The minimum absolute atomic E-state index is 0.398. The van der Waals surface area contributed by atoms with Crippen molar-refractivity contribution >= 4 is 27.8 Å². The molecule has 0 aliphatic heterocycles. The Bertz CT molecular complexity index is 1590. The van der Waals surface area contributed by atoms with Gasteiger partial charge in [0.15, 0.2) is 5.65 Å². The fraction of sp³-hybridized carbons (Fsp3) is 0.0385. The van der Waals surface area contributed by atoms with Gasteiger partial charge in [-0.25, -0.2) is 19.6 Å². The average molecular weight is 429 g/mol. The SMILES string of the molecule is Nc1ncnc2c1c(-c1cccnc1)nn2Cc1cc(-c2ccccc2)nc2ccccc12. The van der Waals surface area contributed by atoms with E-state index >= 15 is 0 Å². The minimum Gasteiger partial charge on any atom is -0.383 e. The summed E-state index contributed by atoms with van der Waals surface area (Å²) in [7, 11) is 0. The summed E-state index contributed by atoms with van der Waals surface area (Å²) in [5.74, 6) is 0.398. The van der Waals surface area contributed by atoms with Gasteiger partial charge in [0.05, 0.1) is 23.1 Å². The van der Waals surface area contributed by atoms with Gasteiger partial charge in [-0.15, -0.1) is 0 Å². The van der Waals surface area contributed by atoms with Crippen LogP contribution in [0.25, 0.3) is 44.5 Å². The van der Waals surface area contributed by atoms with E-state index in [1.165, 1.54) is 6.33 Å². The fourth-order valence-electron chi connectivity index (χ4n) is 4.14. The highest BCUT2D eigenvalue weighted by molar-refractivity contribution is 5.98. The van der Waals surface area contributed by atoms with Crippen molar-refractivity contribution in [3.05, 3.63) is 97.1 Å². The molecule has 7 nitrogen and oxygen atoms in total. The Morgan fingerprint density at radius 1 is 0.848 bits per heavy atom. The Balaban J connectivity index is 1.55. The van der Waals surface area contributed by atoms with Crippen LogP contribution in [0.4, 0.5) is 5.82 Å². The van der Waals surface area contributed by atoms with E-state index in [0.717, 1.165) is 44.4 Å². The lowest BCUT2D eigenvalue weighted by molar-refractivity contribution is 0.709. The van der Waals surface area contributed by atoms with Crippen molar-refractivity contribution in [3.8, 4) is 22.5 Å². The lowest BCUT2D eigenvalue weighted by Gasteiger charge is -2.11. The lowest BCUT2D eigenvalue weighted by Crippen LogP contribution is -2.05. The van der Waals surface area contributed by atoms with Crippen LogP contribution in [0.2, 0.25) is 0 Å². The summed E-state index contributed by atoms with van der Waals surface area (Å²) >= 11 is 0. The molecule has 0 saturated carbocycles. The number of aromatic nitrogens is 6. The highest BCUT2D eigenvalue weighted by Crippen LogP contribution is 2.31. The van der Waals surface area contributed by atoms with Crippen molar-refractivity contribution in [2.75, 3.05) is 5.73 Å². The van der Waals surface area contributed by atoms with Gasteiger partial charge in [0, 0.05) is 28.9 Å². The molecule has 7 heteroatoms. The van der Waals surface area contributed by atoms with Crippen LogP contribution in [0.5, 0.6) is 0 Å². The number of benzene rings is 2. The number of nitrogen functional groups attached to an aromatic ring is 1. The summed E-state index contributed by atoms with van der Waals surface area (Å²) in [6.45, 7) is 0.510. The van der Waals surface area contributed by atoms with E-state index in [0.29, 0.717) is 18.0 Å². The van der Waals surface area contributed by atoms with Crippen LogP contribution in [0.15, 0.2) is 91.5 Å². The number of fused-ring (bicyclic) bond motifs is 2. The molecule has 33 heavy (non-hydrogen) atoms. The van der Waals surface area contributed by atoms with Gasteiger partial charge in [0.1, 0.15) is 17.8 Å². The van der Waals surface area contributed by atoms with Crippen LogP contribution in [-0.4, -0.2) is 29.7 Å². The topological polar surface area (TPSA) is 95.4 Å². The molecule has 0 unspecified atom stereocenters. The molecule has 0 atom stereocenters. The first-order chi connectivity index (χ1) is 16.3. The molecular weight excluding hydrogens is 410 g/mol. The van der Waals surface area contributed by atoms with Gasteiger partial charge in [-0.2, -0.15) is 5.10 Å². The molecule has 6 rings (SSSR count). The molecule has 0 fully saturated rings. The molecule has 0 saturated heterocycles. The van der Waals surface area contributed by atoms with E-state index in [1.54, 1.807) is 12.4 Å². The van der Waals surface area contributed by atoms with Crippen LogP contribution >= 0.6 is 0 Å². The molecule has 4 heterocycles. The zero-order chi connectivity index (χ0) is 22.2. The van der Waals surface area contributed by atoms with Gasteiger partial charge in [-0.05, 0) is 29.8 Å². The monoisotopic (exact) mass is 429 g/mol. The normalized spacial score (nSPS) is 11.3. The first-order valence-corrected chi connectivity index (χ1v) is 10.6. The fourth-order valence-corrected chi connectivity index (χ4v) is 4.14. The second kappa shape index (κ2) is 7.80. The Labute approximate surface area is 189 Å². The van der Waals surface area contributed by atoms with Crippen LogP contribution in [-0.2, 0) is 6.54 Å². The third-order valence-electron chi connectivity index (χ3n) is 5.69. The molecule has 0 aliphatic rings. The number of para-hydroxylation sites is 1. The number of nitrogens with zero attached hydrogens (tertiary/aromatic N) is 6. The van der Waals surface area contributed by atoms with Crippen LogP contribution in [0.3, 0.4) is 0 Å². The maximum absolute atomic E-state index is 6.26.